The summed E-state index contributed by atoms with van der Waals surface area (Å²) in [5.41, 5.74) is 4.37. The summed E-state index contributed by atoms with van der Waals surface area (Å²) in [6, 6.07) is 28.8. The van der Waals surface area contributed by atoms with Gasteiger partial charge in [-0.3, -0.25) is 11.8 Å². The molecule has 3 radical (unpaired) electrons. The largest absolute Gasteiger partial charge is 0.490 e. The van der Waals surface area contributed by atoms with Crippen LogP contribution in [0.3, 0.4) is 0 Å². The standard InChI is InChI=1S/C12H9.C10H12N2O.3C2H6.CH4.3Y/c1-3-7-11(8-4-1)12-9-5-2-6-10-12;1-8-3-5-9(6-4-8)7-12-10(13)11-2;3*1-2;;;;/h1-9H;3-6H,1-2,7H2,(H2,11,12,13);3*1-2H3;1H4;;;/q-1;-2;;;;;;;. The number of benzene rings is 3. The number of nitrogens with one attached hydrogen (secondary N) is 2. The number of hydrogen-bond donors (Lipinski definition) is 2. The molecule has 0 saturated carbocycles. The third-order valence-corrected chi connectivity index (χ3v) is 3.43. The summed E-state index contributed by atoms with van der Waals surface area (Å²) >= 11 is 0. The Labute approximate surface area is 292 Å². The Bertz CT molecular complexity index is 731. The molecular weight excluding hydrogens is 659 g/mol. The van der Waals surface area contributed by atoms with E-state index in [-0.39, 0.29) is 112 Å². The molecule has 0 bridgehead atoms. The van der Waals surface area contributed by atoms with Crippen LogP contribution in [0.2, 0.25) is 0 Å². The molecule has 0 aliphatic rings. The van der Waals surface area contributed by atoms with Crippen molar-refractivity contribution in [3.05, 3.63) is 110 Å². The maximum atomic E-state index is 10.8. The van der Waals surface area contributed by atoms with E-state index >= 15 is 0 Å². The molecule has 0 aromatic heterocycles. The fourth-order valence-corrected chi connectivity index (χ4v) is 2.09. The average molecular weight is 702 g/mol. The van der Waals surface area contributed by atoms with Gasteiger partial charge in [0.05, 0.1) is 0 Å². The van der Waals surface area contributed by atoms with E-state index in [1.54, 1.807) is 0 Å². The molecule has 0 spiro atoms. The maximum Gasteiger partial charge on any atom is 0.285 e. The molecule has 6 heteroatoms. The quantitative estimate of drug-likeness (QED) is 0.265. The topological polar surface area (TPSA) is 41.1 Å². The van der Waals surface area contributed by atoms with E-state index in [2.05, 4.69) is 48.9 Å². The van der Waals surface area contributed by atoms with E-state index in [1.165, 1.54) is 5.56 Å². The Balaban J connectivity index is -0.0000000904. The van der Waals surface area contributed by atoms with E-state index in [9.17, 15) is 4.79 Å². The summed E-state index contributed by atoms with van der Waals surface area (Å²) in [4.78, 5) is 10.8. The summed E-state index contributed by atoms with van der Waals surface area (Å²) in [7, 11) is 3.24. The van der Waals surface area contributed by atoms with E-state index < -0.39 is 0 Å². The minimum absolute atomic E-state index is 0. The maximum absolute atomic E-state index is 10.8. The normalized spacial score (nSPS) is 7.29. The summed E-state index contributed by atoms with van der Waals surface area (Å²) in [5.74, 6) is 0. The van der Waals surface area contributed by atoms with Gasteiger partial charge in [0.2, 0.25) is 0 Å². The van der Waals surface area contributed by atoms with Crippen molar-refractivity contribution >= 4 is 6.03 Å². The van der Waals surface area contributed by atoms with Crippen molar-refractivity contribution in [3.63, 3.8) is 0 Å². The van der Waals surface area contributed by atoms with Gasteiger partial charge in [0.15, 0.2) is 0 Å². The second-order valence-electron chi connectivity index (χ2n) is 5.32. The second-order valence-corrected chi connectivity index (χ2v) is 5.32. The molecule has 0 unspecified atom stereocenters. The molecule has 3 aromatic carbocycles. The van der Waals surface area contributed by atoms with Crippen molar-refractivity contribution < 1.29 is 103 Å². The fraction of sp³-hybridized carbons (Fsp3) is 0.276. The van der Waals surface area contributed by atoms with Crippen LogP contribution in [0.15, 0.2) is 78.9 Å². The van der Waals surface area contributed by atoms with Gasteiger partial charge in [-0.15, -0.1) is 48.0 Å². The minimum atomic E-state index is -0.279. The third-order valence-electron chi connectivity index (χ3n) is 3.43. The van der Waals surface area contributed by atoms with Crippen molar-refractivity contribution in [2.24, 2.45) is 0 Å². The Morgan fingerprint density at radius 1 is 0.771 bits per heavy atom. The van der Waals surface area contributed by atoms with Crippen LogP contribution < -0.4 is 10.6 Å². The number of urea groups is 1. The zero-order chi connectivity index (χ0) is 23.9. The van der Waals surface area contributed by atoms with Crippen LogP contribution in [-0.4, -0.2) is 6.03 Å². The van der Waals surface area contributed by atoms with Crippen molar-refractivity contribution in [1.29, 1.82) is 0 Å². The van der Waals surface area contributed by atoms with Gasteiger partial charge in [-0.25, -0.2) is 0 Å². The Morgan fingerprint density at radius 3 is 1.69 bits per heavy atom. The predicted octanol–water partition coefficient (Wildman–Crippen LogP) is 8.32. The third kappa shape index (κ3) is 25.5. The van der Waals surface area contributed by atoms with Crippen LogP contribution in [0, 0.1) is 20.0 Å². The van der Waals surface area contributed by atoms with Crippen molar-refractivity contribution in [2.45, 2.75) is 55.5 Å². The van der Waals surface area contributed by atoms with Gasteiger partial charge in [-0.05, 0) is 0 Å². The summed E-state index contributed by atoms with van der Waals surface area (Å²) in [6.07, 6.45) is 0. The molecule has 187 valence electrons. The Kier molecular flexibility index (Phi) is 50.0. The molecule has 2 N–H and O–H groups in total. The van der Waals surface area contributed by atoms with Crippen molar-refractivity contribution in [3.8, 4) is 11.1 Å². The smallest absolute Gasteiger partial charge is 0.285 e. The van der Waals surface area contributed by atoms with Gasteiger partial charge in [0, 0.05) is 105 Å². The molecule has 3 aromatic rings. The monoisotopic (exact) mass is 702 g/mol. The summed E-state index contributed by atoms with van der Waals surface area (Å²) in [5, 5.41) is 4.87. The molecule has 0 fully saturated rings. The predicted molar refractivity (Wildman–Crippen MR) is 143 cm³/mol. The first-order chi connectivity index (χ1) is 15.2. The Hall–Kier alpha value is 0.112. The van der Waals surface area contributed by atoms with E-state index in [0.29, 0.717) is 6.54 Å². The van der Waals surface area contributed by atoms with Gasteiger partial charge >= 0.3 is 0 Å². The molecule has 2 amide bonds. The van der Waals surface area contributed by atoms with Gasteiger partial charge in [0.25, 0.3) is 6.03 Å². The molecule has 0 aliphatic carbocycles. The SMILES string of the molecule is C.CC.CC.CC.[CH2-]NC(=O)NCc1ccc([CH2-])cc1.[Y].[Y].[Y].[c-]1ccccc1-c1ccccc1. The van der Waals surface area contributed by atoms with E-state index in [4.69, 9.17) is 0 Å². The minimum Gasteiger partial charge on any atom is -0.490 e. The molecule has 35 heavy (non-hydrogen) atoms. The van der Waals surface area contributed by atoms with Crippen LogP contribution >= 0.6 is 0 Å². The second kappa shape index (κ2) is 36.3. The molecule has 3 nitrogen and oxygen atoms in total. The van der Waals surface area contributed by atoms with Crippen molar-refractivity contribution in [1.82, 2.24) is 10.6 Å². The zero-order valence-corrected chi connectivity index (χ0v) is 30.3. The van der Waals surface area contributed by atoms with Crippen LogP contribution in [-0.2, 0) is 105 Å². The van der Waals surface area contributed by atoms with Gasteiger partial charge in [0.1, 0.15) is 0 Å². The zero-order valence-electron chi connectivity index (χ0n) is 21.8. The first-order valence-corrected chi connectivity index (χ1v) is 10.9. The number of hydrogen-bond acceptors (Lipinski definition) is 1. The number of amides is 2. The first kappa shape index (κ1) is 48.2. The molecule has 3 rings (SSSR count). The fourth-order valence-electron chi connectivity index (χ4n) is 2.09. The van der Waals surface area contributed by atoms with Gasteiger partial charge < -0.3 is 10.6 Å². The van der Waals surface area contributed by atoms with Crippen molar-refractivity contribution in [2.75, 3.05) is 0 Å². The number of carbonyl (C=O) groups is 1. The van der Waals surface area contributed by atoms with Gasteiger partial charge in [-0.2, -0.15) is 24.6 Å². The molecule has 0 heterocycles. The Morgan fingerprint density at radius 2 is 1.26 bits per heavy atom. The average Bonchev–Trinajstić information content (AvgIpc) is 2.88. The molecule has 0 saturated heterocycles. The summed E-state index contributed by atoms with van der Waals surface area (Å²) < 4.78 is 0. The molecular formula is C29H43N2OY3-3. The van der Waals surface area contributed by atoms with Gasteiger partial charge in [-0.1, -0.05) is 90.4 Å². The van der Waals surface area contributed by atoms with Crippen LogP contribution in [0.25, 0.3) is 11.1 Å². The van der Waals surface area contributed by atoms with Crippen LogP contribution in [0.5, 0.6) is 0 Å². The van der Waals surface area contributed by atoms with E-state index in [0.717, 1.165) is 16.7 Å². The van der Waals surface area contributed by atoms with E-state index in [1.807, 2.05) is 102 Å². The number of rotatable bonds is 3. The number of carbonyl (C=O) groups excluding carboxylic acids is 1. The van der Waals surface area contributed by atoms with Crippen LogP contribution in [0.1, 0.15) is 60.1 Å². The van der Waals surface area contributed by atoms with Crippen LogP contribution in [0.4, 0.5) is 4.79 Å². The molecule has 0 atom stereocenters. The first-order valence-electron chi connectivity index (χ1n) is 10.9. The molecule has 0 aliphatic heterocycles. The summed E-state index contributed by atoms with van der Waals surface area (Å²) in [6.45, 7) is 16.3.